The zero-order valence-electron chi connectivity index (χ0n) is 10.0. The zero-order chi connectivity index (χ0) is 12.3. The first-order chi connectivity index (χ1) is 8.22. The van der Waals surface area contributed by atoms with Gasteiger partial charge in [0.25, 0.3) is 0 Å². The van der Waals surface area contributed by atoms with E-state index in [0.717, 1.165) is 42.8 Å². The molecule has 17 heavy (non-hydrogen) atoms. The summed E-state index contributed by atoms with van der Waals surface area (Å²) < 4.78 is 11.9. The topological polar surface area (TPSA) is 44.5 Å². The maximum atomic E-state index is 5.61. The average Bonchev–Trinajstić information content (AvgIpc) is 2.28. The SMILES string of the molecule is COc1ccc(Br)cc1C1(CCCN)COC1. The number of hydrogen-bond acceptors (Lipinski definition) is 3. The van der Waals surface area contributed by atoms with E-state index in [9.17, 15) is 0 Å². The molecule has 1 aromatic carbocycles. The van der Waals surface area contributed by atoms with E-state index in [1.807, 2.05) is 12.1 Å². The van der Waals surface area contributed by atoms with Crippen LogP contribution in [0.5, 0.6) is 5.75 Å². The van der Waals surface area contributed by atoms with Crippen molar-refractivity contribution >= 4 is 15.9 Å². The van der Waals surface area contributed by atoms with Gasteiger partial charge in [0.2, 0.25) is 0 Å². The molecule has 4 heteroatoms. The molecule has 0 bridgehead atoms. The normalized spacial score (nSPS) is 17.6. The lowest BCUT2D eigenvalue weighted by atomic mass is 9.74. The molecule has 3 nitrogen and oxygen atoms in total. The van der Waals surface area contributed by atoms with Crippen molar-refractivity contribution in [2.45, 2.75) is 18.3 Å². The third-order valence-corrected chi connectivity index (χ3v) is 3.84. The average molecular weight is 300 g/mol. The molecule has 0 atom stereocenters. The van der Waals surface area contributed by atoms with Gasteiger partial charge in [-0.3, -0.25) is 0 Å². The van der Waals surface area contributed by atoms with Crippen LogP contribution >= 0.6 is 15.9 Å². The number of methoxy groups -OCH3 is 1. The molecule has 1 fully saturated rings. The smallest absolute Gasteiger partial charge is 0.122 e. The van der Waals surface area contributed by atoms with E-state index in [1.54, 1.807) is 7.11 Å². The van der Waals surface area contributed by atoms with Gasteiger partial charge < -0.3 is 15.2 Å². The van der Waals surface area contributed by atoms with Gasteiger partial charge in [-0.25, -0.2) is 0 Å². The molecule has 0 aromatic heterocycles. The summed E-state index contributed by atoms with van der Waals surface area (Å²) in [5.74, 6) is 0.938. The van der Waals surface area contributed by atoms with Crippen LogP contribution in [0.4, 0.5) is 0 Å². The molecule has 1 aliphatic heterocycles. The number of benzene rings is 1. The molecule has 0 unspecified atom stereocenters. The van der Waals surface area contributed by atoms with Crippen molar-refractivity contribution in [2.24, 2.45) is 5.73 Å². The molecule has 0 aliphatic carbocycles. The first kappa shape index (κ1) is 12.9. The van der Waals surface area contributed by atoms with Crippen molar-refractivity contribution < 1.29 is 9.47 Å². The van der Waals surface area contributed by atoms with Crippen molar-refractivity contribution in [3.63, 3.8) is 0 Å². The maximum absolute atomic E-state index is 5.61. The molecular weight excluding hydrogens is 282 g/mol. The lowest BCUT2D eigenvalue weighted by Crippen LogP contribution is -2.47. The van der Waals surface area contributed by atoms with Gasteiger partial charge in [-0.2, -0.15) is 0 Å². The Bertz CT molecular complexity index is 391. The fraction of sp³-hybridized carbons (Fsp3) is 0.538. The van der Waals surface area contributed by atoms with Crippen molar-refractivity contribution in [3.05, 3.63) is 28.2 Å². The van der Waals surface area contributed by atoms with Crippen LogP contribution in [0.2, 0.25) is 0 Å². The zero-order valence-corrected chi connectivity index (χ0v) is 11.6. The second-order valence-electron chi connectivity index (χ2n) is 4.51. The number of halogens is 1. The van der Waals surface area contributed by atoms with E-state index in [4.69, 9.17) is 15.2 Å². The van der Waals surface area contributed by atoms with Gasteiger partial charge in [0, 0.05) is 15.5 Å². The second kappa shape index (κ2) is 5.38. The highest BCUT2D eigenvalue weighted by molar-refractivity contribution is 9.10. The summed E-state index contributed by atoms with van der Waals surface area (Å²) in [6, 6.07) is 6.14. The van der Waals surface area contributed by atoms with Gasteiger partial charge in [-0.1, -0.05) is 15.9 Å². The summed E-state index contributed by atoms with van der Waals surface area (Å²) >= 11 is 3.52. The largest absolute Gasteiger partial charge is 0.496 e. The number of rotatable bonds is 5. The van der Waals surface area contributed by atoms with Crippen LogP contribution in [-0.2, 0) is 10.2 Å². The molecule has 94 valence electrons. The van der Waals surface area contributed by atoms with E-state index in [0.29, 0.717) is 0 Å². The minimum absolute atomic E-state index is 0.0918. The van der Waals surface area contributed by atoms with E-state index < -0.39 is 0 Å². The molecule has 2 rings (SSSR count). The van der Waals surface area contributed by atoms with Crippen LogP contribution in [0.15, 0.2) is 22.7 Å². The number of hydrogen-bond donors (Lipinski definition) is 1. The first-order valence-corrected chi connectivity index (χ1v) is 6.63. The minimum Gasteiger partial charge on any atom is -0.496 e. The van der Waals surface area contributed by atoms with Crippen LogP contribution < -0.4 is 10.5 Å². The van der Waals surface area contributed by atoms with Gasteiger partial charge in [0.1, 0.15) is 5.75 Å². The Morgan fingerprint density at radius 3 is 2.76 bits per heavy atom. The molecule has 0 spiro atoms. The number of nitrogens with two attached hydrogens (primary N) is 1. The third-order valence-electron chi connectivity index (χ3n) is 3.35. The molecule has 0 amide bonds. The quantitative estimate of drug-likeness (QED) is 0.908. The predicted octanol–water partition coefficient (Wildman–Crippen LogP) is 2.46. The van der Waals surface area contributed by atoms with E-state index >= 15 is 0 Å². The van der Waals surface area contributed by atoms with E-state index in [-0.39, 0.29) is 5.41 Å². The molecule has 0 saturated carbocycles. The molecule has 1 aliphatic rings. The summed E-state index contributed by atoms with van der Waals surface area (Å²) in [6.45, 7) is 2.25. The molecule has 1 heterocycles. The van der Waals surface area contributed by atoms with Gasteiger partial charge in [-0.15, -0.1) is 0 Å². The summed E-state index contributed by atoms with van der Waals surface area (Å²) in [5, 5.41) is 0. The van der Waals surface area contributed by atoms with Crippen LogP contribution in [-0.4, -0.2) is 26.9 Å². The second-order valence-corrected chi connectivity index (χ2v) is 5.43. The Kier molecular flexibility index (Phi) is 4.07. The van der Waals surface area contributed by atoms with E-state index in [2.05, 4.69) is 22.0 Å². The van der Waals surface area contributed by atoms with Gasteiger partial charge in [0.15, 0.2) is 0 Å². The van der Waals surface area contributed by atoms with Gasteiger partial charge in [0.05, 0.1) is 20.3 Å². The minimum atomic E-state index is 0.0918. The Labute approximate surface area is 110 Å². The van der Waals surface area contributed by atoms with Crippen LogP contribution in [0.3, 0.4) is 0 Å². The highest BCUT2D eigenvalue weighted by Gasteiger charge is 2.41. The fourth-order valence-corrected chi connectivity index (χ4v) is 2.68. The van der Waals surface area contributed by atoms with Crippen molar-refractivity contribution in [1.82, 2.24) is 0 Å². The predicted molar refractivity (Wildman–Crippen MR) is 71.5 cm³/mol. The molecular formula is C13H18BrNO2. The summed E-state index contributed by atoms with van der Waals surface area (Å²) in [5.41, 5.74) is 6.93. The Morgan fingerprint density at radius 1 is 1.47 bits per heavy atom. The van der Waals surface area contributed by atoms with Crippen molar-refractivity contribution in [2.75, 3.05) is 26.9 Å². The Balaban J connectivity index is 2.32. The van der Waals surface area contributed by atoms with Crippen molar-refractivity contribution in [1.29, 1.82) is 0 Å². The molecule has 2 N–H and O–H groups in total. The number of ether oxygens (including phenoxy) is 2. The van der Waals surface area contributed by atoms with E-state index in [1.165, 1.54) is 5.56 Å². The molecule has 1 saturated heterocycles. The van der Waals surface area contributed by atoms with Crippen molar-refractivity contribution in [3.8, 4) is 5.75 Å². The lowest BCUT2D eigenvalue weighted by molar-refractivity contribution is -0.0658. The summed E-state index contributed by atoms with van der Waals surface area (Å²) in [6.07, 6.45) is 2.06. The first-order valence-electron chi connectivity index (χ1n) is 5.84. The fourth-order valence-electron chi connectivity index (χ4n) is 2.32. The third kappa shape index (κ3) is 2.49. The van der Waals surface area contributed by atoms with Gasteiger partial charge >= 0.3 is 0 Å². The maximum Gasteiger partial charge on any atom is 0.122 e. The highest BCUT2D eigenvalue weighted by Crippen LogP contribution is 2.42. The monoisotopic (exact) mass is 299 g/mol. The Hall–Kier alpha value is -0.580. The van der Waals surface area contributed by atoms with Crippen LogP contribution in [0.1, 0.15) is 18.4 Å². The van der Waals surface area contributed by atoms with Crippen LogP contribution in [0.25, 0.3) is 0 Å². The lowest BCUT2D eigenvalue weighted by Gasteiger charge is -2.42. The summed E-state index contributed by atoms with van der Waals surface area (Å²) in [7, 11) is 1.71. The van der Waals surface area contributed by atoms with Crippen LogP contribution in [0, 0.1) is 0 Å². The molecule has 1 aromatic rings. The molecule has 0 radical (unpaired) electrons. The Morgan fingerprint density at radius 2 is 2.24 bits per heavy atom. The van der Waals surface area contributed by atoms with Gasteiger partial charge in [-0.05, 0) is 37.6 Å². The standard InChI is InChI=1S/C13H18BrNO2/c1-16-12-4-3-10(14)7-11(12)13(5-2-6-15)8-17-9-13/h3-4,7H,2,5-6,8-9,15H2,1H3. The summed E-state index contributed by atoms with van der Waals surface area (Å²) in [4.78, 5) is 0. The highest BCUT2D eigenvalue weighted by atomic mass is 79.9.